The maximum absolute atomic E-state index is 9.31. The lowest BCUT2D eigenvalue weighted by atomic mass is 9.95. The van der Waals surface area contributed by atoms with Crippen molar-refractivity contribution in [2.75, 3.05) is 18.9 Å². The van der Waals surface area contributed by atoms with Gasteiger partial charge in [0, 0.05) is 17.0 Å². The minimum atomic E-state index is -0.556. The van der Waals surface area contributed by atoms with E-state index >= 15 is 0 Å². The Labute approximate surface area is 96.6 Å². The summed E-state index contributed by atoms with van der Waals surface area (Å²) in [5, 5.41) is 22.2. The highest BCUT2D eigenvalue weighted by atomic mass is 32.2. The second-order valence-electron chi connectivity index (χ2n) is 4.16. The quantitative estimate of drug-likeness (QED) is 0.640. The average Bonchev–Trinajstić information content (AvgIpc) is 2.28. The van der Waals surface area contributed by atoms with Gasteiger partial charge in [0.05, 0.1) is 12.7 Å². The zero-order valence-corrected chi connectivity index (χ0v) is 10.3. The summed E-state index contributed by atoms with van der Waals surface area (Å²) in [6, 6.07) is 0.597. The van der Waals surface area contributed by atoms with Crippen molar-refractivity contribution in [2.24, 2.45) is 0 Å². The lowest BCUT2D eigenvalue weighted by molar-refractivity contribution is 0.113. The molecule has 3 atom stereocenters. The first-order valence-electron chi connectivity index (χ1n) is 5.91. The highest BCUT2D eigenvalue weighted by Crippen LogP contribution is 2.29. The van der Waals surface area contributed by atoms with Gasteiger partial charge in [-0.15, -0.1) is 0 Å². The van der Waals surface area contributed by atoms with E-state index in [-0.39, 0.29) is 6.61 Å². The largest absolute Gasteiger partial charge is 0.394 e. The van der Waals surface area contributed by atoms with E-state index in [0.29, 0.717) is 17.0 Å². The summed E-state index contributed by atoms with van der Waals surface area (Å²) in [4.78, 5) is 0. The van der Waals surface area contributed by atoms with Crippen molar-refractivity contribution in [3.8, 4) is 0 Å². The van der Waals surface area contributed by atoms with Crippen LogP contribution >= 0.6 is 11.8 Å². The highest BCUT2D eigenvalue weighted by Gasteiger charge is 2.24. The fourth-order valence-corrected chi connectivity index (χ4v) is 3.45. The molecule has 0 aromatic rings. The molecule has 4 heteroatoms. The Hall–Kier alpha value is 0.230. The second-order valence-corrected chi connectivity index (χ2v) is 5.43. The van der Waals surface area contributed by atoms with Gasteiger partial charge in [-0.05, 0) is 19.4 Å². The Morgan fingerprint density at radius 1 is 1.40 bits per heavy atom. The molecule has 0 bridgehead atoms. The minimum Gasteiger partial charge on any atom is -0.394 e. The molecule has 15 heavy (non-hydrogen) atoms. The fourth-order valence-electron chi connectivity index (χ4n) is 2.08. The molecule has 3 nitrogen and oxygen atoms in total. The van der Waals surface area contributed by atoms with Crippen molar-refractivity contribution in [1.29, 1.82) is 0 Å². The molecule has 0 aromatic carbocycles. The Balaban J connectivity index is 2.28. The summed E-state index contributed by atoms with van der Waals surface area (Å²) in [5.41, 5.74) is 0. The summed E-state index contributed by atoms with van der Waals surface area (Å²) >= 11 is 1.81. The third-order valence-electron chi connectivity index (χ3n) is 2.88. The van der Waals surface area contributed by atoms with E-state index in [1.165, 1.54) is 25.7 Å². The van der Waals surface area contributed by atoms with Crippen LogP contribution < -0.4 is 5.32 Å². The smallest absolute Gasteiger partial charge is 0.0861 e. The maximum Gasteiger partial charge on any atom is 0.0861 e. The number of thioether (sulfide) groups is 1. The summed E-state index contributed by atoms with van der Waals surface area (Å²) in [5.74, 6) is 0.656. The van der Waals surface area contributed by atoms with Crippen LogP contribution in [-0.2, 0) is 0 Å². The van der Waals surface area contributed by atoms with Gasteiger partial charge in [-0.25, -0.2) is 0 Å². The second kappa shape index (κ2) is 7.49. The average molecular weight is 233 g/mol. The van der Waals surface area contributed by atoms with Crippen LogP contribution in [0.4, 0.5) is 0 Å². The summed E-state index contributed by atoms with van der Waals surface area (Å²) in [7, 11) is 0. The topological polar surface area (TPSA) is 52.5 Å². The number of hydrogen-bond donors (Lipinski definition) is 3. The molecule has 0 aliphatic heterocycles. The van der Waals surface area contributed by atoms with Gasteiger partial charge in [-0.1, -0.05) is 19.8 Å². The Kier molecular flexibility index (Phi) is 6.64. The molecule has 0 radical (unpaired) electrons. The van der Waals surface area contributed by atoms with Gasteiger partial charge in [0.1, 0.15) is 0 Å². The van der Waals surface area contributed by atoms with Crippen molar-refractivity contribution in [2.45, 2.75) is 50.0 Å². The van der Waals surface area contributed by atoms with Gasteiger partial charge in [0.2, 0.25) is 0 Å². The van der Waals surface area contributed by atoms with E-state index < -0.39 is 6.10 Å². The summed E-state index contributed by atoms with van der Waals surface area (Å²) < 4.78 is 0. The molecule has 0 saturated heterocycles. The molecule has 1 fully saturated rings. The molecule has 3 N–H and O–H groups in total. The lowest BCUT2D eigenvalue weighted by Gasteiger charge is -2.32. The van der Waals surface area contributed by atoms with Gasteiger partial charge in [0.25, 0.3) is 0 Å². The van der Waals surface area contributed by atoms with E-state index in [2.05, 4.69) is 12.2 Å². The number of nitrogens with one attached hydrogen (secondary N) is 1. The first-order chi connectivity index (χ1) is 7.27. The Bertz CT molecular complexity index is 167. The van der Waals surface area contributed by atoms with Crippen molar-refractivity contribution >= 4 is 11.8 Å². The third-order valence-corrected chi connectivity index (χ3v) is 4.45. The van der Waals surface area contributed by atoms with Crippen LogP contribution in [0.15, 0.2) is 0 Å². The normalized spacial score (nSPS) is 29.0. The molecule has 1 aliphatic carbocycles. The van der Waals surface area contributed by atoms with Crippen molar-refractivity contribution in [3.63, 3.8) is 0 Å². The van der Waals surface area contributed by atoms with E-state index in [1.807, 2.05) is 0 Å². The molecule has 0 aromatic heterocycles. The first kappa shape index (κ1) is 13.3. The van der Waals surface area contributed by atoms with Crippen LogP contribution in [0, 0.1) is 0 Å². The monoisotopic (exact) mass is 233 g/mol. The van der Waals surface area contributed by atoms with Crippen LogP contribution in [0.2, 0.25) is 0 Å². The van der Waals surface area contributed by atoms with Gasteiger partial charge >= 0.3 is 0 Å². The van der Waals surface area contributed by atoms with E-state index in [0.717, 1.165) is 6.54 Å². The predicted molar refractivity (Wildman–Crippen MR) is 65.3 cm³/mol. The summed E-state index contributed by atoms with van der Waals surface area (Å²) in [6.07, 6.45) is 4.55. The van der Waals surface area contributed by atoms with Crippen molar-refractivity contribution < 1.29 is 10.2 Å². The molecule has 1 saturated carbocycles. The molecular formula is C11H23NO2S. The molecule has 0 heterocycles. The third kappa shape index (κ3) is 4.72. The van der Waals surface area contributed by atoms with Crippen LogP contribution in [0.5, 0.6) is 0 Å². The molecule has 1 aliphatic rings. The van der Waals surface area contributed by atoms with Crippen molar-refractivity contribution in [3.05, 3.63) is 0 Å². The molecule has 90 valence electrons. The zero-order chi connectivity index (χ0) is 11.1. The number of rotatable bonds is 6. The van der Waals surface area contributed by atoms with E-state index in [9.17, 15) is 5.11 Å². The van der Waals surface area contributed by atoms with Gasteiger partial charge in [-0.2, -0.15) is 11.8 Å². The zero-order valence-electron chi connectivity index (χ0n) is 9.48. The SMILES string of the molecule is CCNC1CCCCC1SCC(O)CO. The number of aliphatic hydroxyl groups excluding tert-OH is 2. The number of aliphatic hydroxyl groups is 2. The minimum absolute atomic E-state index is 0.119. The predicted octanol–water partition coefficient (Wildman–Crippen LogP) is 0.993. The van der Waals surface area contributed by atoms with Gasteiger partial charge < -0.3 is 15.5 Å². The van der Waals surface area contributed by atoms with Gasteiger partial charge in [0.15, 0.2) is 0 Å². The molecule has 3 unspecified atom stereocenters. The first-order valence-corrected chi connectivity index (χ1v) is 6.96. The van der Waals surface area contributed by atoms with Gasteiger partial charge in [-0.3, -0.25) is 0 Å². The Morgan fingerprint density at radius 3 is 2.80 bits per heavy atom. The molecule has 0 amide bonds. The highest BCUT2D eigenvalue weighted by molar-refractivity contribution is 8.00. The van der Waals surface area contributed by atoms with Crippen molar-refractivity contribution in [1.82, 2.24) is 5.32 Å². The number of hydrogen-bond acceptors (Lipinski definition) is 4. The van der Waals surface area contributed by atoms with Crippen LogP contribution in [-0.4, -0.2) is 46.5 Å². The standard InChI is InChI=1S/C11H23NO2S/c1-2-12-10-5-3-4-6-11(10)15-8-9(14)7-13/h9-14H,2-8H2,1H3. The Morgan fingerprint density at radius 2 is 2.13 bits per heavy atom. The van der Waals surface area contributed by atoms with Crippen LogP contribution in [0.1, 0.15) is 32.6 Å². The van der Waals surface area contributed by atoms with Crippen LogP contribution in [0.3, 0.4) is 0 Å². The fraction of sp³-hybridized carbons (Fsp3) is 1.00. The molecular weight excluding hydrogens is 210 g/mol. The lowest BCUT2D eigenvalue weighted by Crippen LogP contribution is -2.41. The maximum atomic E-state index is 9.31. The van der Waals surface area contributed by atoms with E-state index in [1.54, 1.807) is 11.8 Å². The molecule has 0 spiro atoms. The molecule has 1 rings (SSSR count). The summed E-state index contributed by atoms with van der Waals surface area (Å²) in [6.45, 7) is 3.04. The van der Waals surface area contributed by atoms with Crippen LogP contribution in [0.25, 0.3) is 0 Å². The van der Waals surface area contributed by atoms with E-state index in [4.69, 9.17) is 5.11 Å².